The maximum atomic E-state index is 12.3. The third kappa shape index (κ3) is 5.47. The lowest BCUT2D eigenvalue weighted by atomic mass is 10.1. The van der Waals surface area contributed by atoms with Gasteiger partial charge < -0.3 is 10.1 Å². The lowest BCUT2D eigenvalue weighted by Gasteiger charge is -2.08. The second kappa shape index (κ2) is 8.33. The first kappa shape index (κ1) is 19.2. The smallest absolute Gasteiger partial charge is 0.471 e. The topological polar surface area (TPSA) is 55.4 Å². The van der Waals surface area contributed by atoms with E-state index in [9.17, 15) is 22.8 Å². The SMILES string of the molecule is CCOc1cccc(C(=O)C=Cc2cccc(NC(=O)C(F)(F)F)c2)c1. The van der Waals surface area contributed by atoms with Crippen molar-refractivity contribution in [2.75, 3.05) is 11.9 Å². The van der Waals surface area contributed by atoms with Crippen molar-refractivity contribution >= 4 is 23.5 Å². The molecular weight excluding hydrogens is 347 g/mol. The molecule has 0 fully saturated rings. The molecule has 0 radical (unpaired) electrons. The van der Waals surface area contributed by atoms with Gasteiger partial charge in [-0.2, -0.15) is 13.2 Å². The van der Waals surface area contributed by atoms with Crippen LogP contribution in [-0.4, -0.2) is 24.5 Å². The number of halogens is 3. The minimum Gasteiger partial charge on any atom is -0.494 e. The third-order valence-electron chi connectivity index (χ3n) is 3.26. The third-order valence-corrected chi connectivity index (χ3v) is 3.26. The molecular formula is C19H16F3NO3. The van der Waals surface area contributed by atoms with Crippen LogP contribution in [-0.2, 0) is 4.79 Å². The molecule has 0 aromatic heterocycles. The highest BCUT2D eigenvalue weighted by Crippen LogP contribution is 2.20. The van der Waals surface area contributed by atoms with Crippen LogP contribution in [0.1, 0.15) is 22.8 Å². The largest absolute Gasteiger partial charge is 0.494 e. The summed E-state index contributed by atoms with van der Waals surface area (Å²) in [6.07, 6.45) is -2.21. The van der Waals surface area contributed by atoms with Crippen molar-refractivity contribution in [1.82, 2.24) is 0 Å². The predicted molar refractivity (Wildman–Crippen MR) is 92.1 cm³/mol. The normalized spacial score (nSPS) is 11.4. The molecule has 136 valence electrons. The number of allylic oxidation sites excluding steroid dienone is 1. The number of alkyl halides is 3. The second-order valence-corrected chi connectivity index (χ2v) is 5.24. The molecule has 0 saturated heterocycles. The Hall–Kier alpha value is -3.09. The number of amides is 1. The Morgan fingerprint density at radius 3 is 2.54 bits per heavy atom. The number of carbonyl (C=O) groups is 2. The summed E-state index contributed by atoms with van der Waals surface area (Å²) in [4.78, 5) is 23.2. The standard InChI is InChI=1S/C19H16F3NO3/c1-2-26-16-8-4-6-14(12-16)17(24)10-9-13-5-3-7-15(11-13)23-18(25)19(20,21)22/h3-12H,2H2,1H3,(H,23,25). The molecule has 2 rings (SSSR count). The number of ketones is 1. The van der Waals surface area contributed by atoms with E-state index in [4.69, 9.17) is 4.74 Å². The fourth-order valence-electron chi connectivity index (χ4n) is 2.10. The molecule has 2 aromatic carbocycles. The van der Waals surface area contributed by atoms with Gasteiger partial charge in [0.1, 0.15) is 5.75 Å². The number of rotatable bonds is 6. The molecule has 1 amide bonds. The van der Waals surface area contributed by atoms with Gasteiger partial charge in [0, 0.05) is 11.3 Å². The lowest BCUT2D eigenvalue weighted by Crippen LogP contribution is -2.29. The predicted octanol–water partition coefficient (Wildman–Crippen LogP) is 4.48. The Morgan fingerprint density at radius 2 is 1.85 bits per heavy atom. The van der Waals surface area contributed by atoms with Crippen molar-refractivity contribution in [1.29, 1.82) is 0 Å². The van der Waals surface area contributed by atoms with Crippen LogP contribution in [0.3, 0.4) is 0 Å². The van der Waals surface area contributed by atoms with Crippen LogP contribution in [0.2, 0.25) is 0 Å². The number of nitrogens with one attached hydrogen (secondary N) is 1. The number of carbonyl (C=O) groups excluding carboxylic acids is 2. The maximum Gasteiger partial charge on any atom is 0.471 e. The van der Waals surface area contributed by atoms with Gasteiger partial charge in [-0.25, -0.2) is 0 Å². The molecule has 1 N–H and O–H groups in total. The van der Waals surface area contributed by atoms with Crippen LogP contribution in [0.4, 0.5) is 18.9 Å². The van der Waals surface area contributed by atoms with E-state index < -0.39 is 12.1 Å². The average Bonchev–Trinajstić information content (AvgIpc) is 2.60. The van der Waals surface area contributed by atoms with Gasteiger partial charge in [0.05, 0.1) is 6.61 Å². The number of anilines is 1. The number of hydrogen-bond acceptors (Lipinski definition) is 3. The van der Waals surface area contributed by atoms with E-state index in [1.165, 1.54) is 30.4 Å². The first-order valence-corrected chi connectivity index (χ1v) is 7.73. The Morgan fingerprint density at radius 1 is 1.12 bits per heavy atom. The number of hydrogen-bond donors (Lipinski definition) is 1. The molecule has 0 atom stereocenters. The molecule has 0 bridgehead atoms. The van der Waals surface area contributed by atoms with Crippen LogP contribution < -0.4 is 10.1 Å². The van der Waals surface area contributed by atoms with Crippen molar-refractivity contribution in [3.05, 3.63) is 65.7 Å². The summed E-state index contributed by atoms with van der Waals surface area (Å²) in [5.74, 6) is -1.76. The van der Waals surface area contributed by atoms with E-state index in [2.05, 4.69) is 0 Å². The van der Waals surface area contributed by atoms with E-state index in [1.807, 2.05) is 6.92 Å². The first-order chi connectivity index (χ1) is 12.3. The number of ether oxygens (including phenoxy) is 1. The zero-order chi connectivity index (χ0) is 19.2. The lowest BCUT2D eigenvalue weighted by molar-refractivity contribution is -0.167. The monoisotopic (exact) mass is 363 g/mol. The minimum atomic E-state index is -4.96. The van der Waals surface area contributed by atoms with E-state index in [0.717, 1.165) is 0 Å². The van der Waals surface area contributed by atoms with Crippen LogP contribution >= 0.6 is 0 Å². The van der Waals surface area contributed by atoms with Gasteiger partial charge in [0.25, 0.3) is 0 Å². The molecule has 26 heavy (non-hydrogen) atoms. The zero-order valence-electron chi connectivity index (χ0n) is 13.8. The first-order valence-electron chi connectivity index (χ1n) is 7.73. The van der Waals surface area contributed by atoms with Crippen molar-refractivity contribution in [3.63, 3.8) is 0 Å². The van der Waals surface area contributed by atoms with E-state index in [1.54, 1.807) is 35.6 Å². The molecule has 0 unspecified atom stereocenters. The van der Waals surface area contributed by atoms with Crippen molar-refractivity contribution in [3.8, 4) is 5.75 Å². The zero-order valence-corrected chi connectivity index (χ0v) is 13.8. The summed E-state index contributed by atoms with van der Waals surface area (Å²) in [5.41, 5.74) is 0.883. The highest BCUT2D eigenvalue weighted by Gasteiger charge is 2.38. The minimum absolute atomic E-state index is 0.0136. The number of benzene rings is 2. The van der Waals surface area contributed by atoms with Crippen LogP contribution in [0, 0.1) is 0 Å². The average molecular weight is 363 g/mol. The van der Waals surface area contributed by atoms with E-state index in [0.29, 0.717) is 23.5 Å². The quantitative estimate of drug-likeness (QED) is 0.608. The molecule has 0 aliphatic heterocycles. The summed E-state index contributed by atoms with van der Waals surface area (Å²) >= 11 is 0. The fraction of sp³-hybridized carbons (Fsp3) is 0.158. The summed E-state index contributed by atoms with van der Waals surface area (Å²) < 4.78 is 42.2. The molecule has 0 heterocycles. The molecule has 4 nitrogen and oxygen atoms in total. The molecule has 2 aromatic rings. The van der Waals surface area contributed by atoms with Crippen molar-refractivity contribution in [2.45, 2.75) is 13.1 Å². The Kier molecular flexibility index (Phi) is 6.16. The molecule has 0 spiro atoms. The van der Waals surface area contributed by atoms with Crippen LogP contribution in [0.25, 0.3) is 6.08 Å². The van der Waals surface area contributed by atoms with Gasteiger partial charge >= 0.3 is 12.1 Å². The second-order valence-electron chi connectivity index (χ2n) is 5.24. The summed E-state index contributed by atoms with van der Waals surface area (Å²) in [6, 6.07) is 12.4. The van der Waals surface area contributed by atoms with Gasteiger partial charge in [-0.3, -0.25) is 9.59 Å². The van der Waals surface area contributed by atoms with Gasteiger partial charge in [0.2, 0.25) is 0 Å². The Labute approximate surface area is 148 Å². The highest BCUT2D eigenvalue weighted by atomic mass is 19.4. The summed E-state index contributed by atoms with van der Waals surface area (Å²) in [6.45, 7) is 2.31. The van der Waals surface area contributed by atoms with Crippen molar-refractivity contribution in [2.24, 2.45) is 0 Å². The molecule has 0 saturated carbocycles. The van der Waals surface area contributed by atoms with Crippen molar-refractivity contribution < 1.29 is 27.5 Å². The molecule has 0 aliphatic carbocycles. The van der Waals surface area contributed by atoms with Gasteiger partial charge in [-0.1, -0.05) is 30.3 Å². The highest BCUT2D eigenvalue weighted by molar-refractivity contribution is 6.07. The van der Waals surface area contributed by atoms with E-state index >= 15 is 0 Å². The summed E-state index contributed by atoms with van der Waals surface area (Å²) in [5, 5.41) is 1.76. The summed E-state index contributed by atoms with van der Waals surface area (Å²) in [7, 11) is 0. The Balaban J connectivity index is 2.10. The van der Waals surface area contributed by atoms with E-state index in [-0.39, 0.29) is 11.5 Å². The Bertz CT molecular complexity index is 829. The van der Waals surface area contributed by atoms with Gasteiger partial charge in [-0.05, 0) is 42.8 Å². The fourth-order valence-corrected chi connectivity index (χ4v) is 2.10. The van der Waals surface area contributed by atoms with Gasteiger partial charge in [-0.15, -0.1) is 0 Å². The van der Waals surface area contributed by atoms with Gasteiger partial charge in [0.15, 0.2) is 5.78 Å². The van der Waals surface area contributed by atoms with Crippen LogP contribution in [0.15, 0.2) is 54.6 Å². The van der Waals surface area contributed by atoms with Crippen LogP contribution in [0.5, 0.6) is 5.75 Å². The maximum absolute atomic E-state index is 12.3. The molecule has 7 heteroatoms. The molecule has 0 aliphatic rings.